The van der Waals surface area contributed by atoms with Crippen molar-refractivity contribution in [1.29, 1.82) is 0 Å². The topological polar surface area (TPSA) is 79.5 Å². The highest BCUT2D eigenvalue weighted by molar-refractivity contribution is 7.15. The van der Waals surface area contributed by atoms with Gasteiger partial charge in [0.05, 0.1) is 0 Å². The van der Waals surface area contributed by atoms with Crippen LogP contribution >= 0.6 is 11.3 Å². The molecule has 5 nitrogen and oxygen atoms in total. The molecule has 0 radical (unpaired) electrons. The molecule has 0 atom stereocenters. The zero-order valence-electron chi connectivity index (χ0n) is 20.7. The Morgan fingerprint density at radius 1 is 1.11 bits per heavy atom. The lowest BCUT2D eigenvalue weighted by molar-refractivity contribution is 0.0699. The molecule has 0 saturated carbocycles. The number of rotatable bonds is 6. The summed E-state index contributed by atoms with van der Waals surface area (Å²) in [5.74, 6) is 0.0634. The van der Waals surface area contributed by atoms with Gasteiger partial charge >= 0.3 is 5.97 Å². The molecular formula is C29H31NO4S. The molecule has 4 aromatic rings. The Labute approximate surface area is 210 Å². The summed E-state index contributed by atoms with van der Waals surface area (Å²) in [5, 5.41) is 17.3. The number of aromatic carboxylic acids is 1. The Hall–Kier alpha value is -3.90. The minimum atomic E-state index is -0.903. The highest BCUT2D eigenvalue weighted by Gasteiger charge is 2.20. The maximum absolute atomic E-state index is 11.6. The van der Waals surface area contributed by atoms with Crippen molar-refractivity contribution < 1.29 is 19.1 Å². The number of benzene rings is 2. The summed E-state index contributed by atoms with van der Waals surface area (Å²) >= 11 is 1.42. The number of thiophene rings is 1. The molecule has 35 heavy (non-hydrogen) atoms. The third-order valence-corrected chi connectivity index (χ3v) is 6.12. The molecule has 0 bridgehead atoms. The summed E-state index contributed by atoms with van der Waals surface area (Å²) in [6, 6.07) is 13.8. The lowest BCUT2D eigenvalue weighted by atomic mass is 9.95. The molecule has 182 valence electrons. The molecule has 4 rings (SSSR count). The number of anilines is 1. The van der Waals surface area contributed by atoms with E-state index < -0.39 is 5.97 Å². The first-order chi connectivity index (χ1) is 16.9. The quantitative estimate of drug-likeness (QED) is 0.266. The standard InChI is InChI=1S/C17H15NO2S.C10H10O2.C2H6/c1-10-7-8-13(12-6-4-3-5-11(10)12)14-9-21-16(18-2)15(14)17(19)20;1-3-5-8-6-9(7-11)12-10(8)4-2;1-2/h3-9,18H,1-2H3,(H,19,20);3-7H,2H2,1H3;1-2H3/b;5-3-;. The summed E-state index contributed by atoms with van der Waals surface area (Å²) in [5.41, 5.74) is 4.15. The predicted molar refractivity (Wildman–Crippen MR) is 149 cm³/mol. The molecule has 0 spiro atoms. The first-order valence-corrected chi connectivity index (χ1v) is 12.2. The van der Waals surface area contributed by atoms with Gasteiger partial charge in [-0.05, 0) is 47.9 Å². The Kier molecular flexibility index (Phi) is 10.2. The van der Waals surface area contributed by atoms with Crippen LogP contribution in [-0.4, -0.2) is 24.4 Å². The number of carbonyl (C=O) groups is 2. The van der Waals surface area contributed by atoms with Crippen molar-refractivity contribution in [3.8, 4) is 11.1 Å². The van der Waals surface area contributed by atoms with Crippen LogP contribution in [0.25, 0.3) is 34.1 Å². The van der Waals surface area contributed by atoms with E-state index in [1.54, 1.807) is 19.2 Å². The molecule has 0 aliphatic carbocycles. The van der Waals surface area contributed by atoms with Gasteiger partial charge in [0.2, 0.25) is 0 Å². The molecule has 0 amide bonds. The van der Waals surface area contributed by atoms with Gasteiger partial charge in [-0.1, -0.05) is 69.0 Å². The molecule has 0 aliphatic rings. The maximum atomic E-state index is 11.6. The van der Waals surface area contributed by atoms with E-state index in [2.05, 4.69) is 24.9 Å². The van der Waals surface area contributed by atoms with E-state index in [9.17, 15) is 14.7 Å². The Morgan fingerprint density at radius 3 is 2.37 bits per heavy atom. The summed E-state index contributed by atoms with van der Waals surface area (Å²) < 4.78 is 5.13. The molecule has 0 fully saturated rings. The van der Waals surface area contributed by atoms with Gasteiger partial charge in [0.25, 0.3) is 0 Å². The summed E-state index contributed by atoms with van der Waals surface area (Å²) in [7, 11) is 1.75. The van der Waals surface area contributed by atoms with Gasteiger partial charge < -0.3 is 14.8 Å². The van der Waals surface area contributed by atoms with Crippen LogP contribution in [0, 0.1) is 6.92 Å². The fourth-order valence-corrected chi connectivity index (χ4v) is 4.52. The number of hydrogen-bond acceptors (Lipinski definition) is 5. The average Bonchev–Trinajstić information content (AvgIpc) is 3.50. The zero-order chi connectivity index (χ0) is 26.0. The predicted octanol–water partition coefficient (Wildman–Crippen LogP) is 8.41. The lowest BCUT2D eigenvalue weighted by Crippen LogP contribution is -2.01. The van der Waals surface area contributed by atoms with Crippen LogP contribution < -0.4 is 5.32 Å². The van der Waals surface area contributed by atoms with Crippen molar-refractivity contribution in [2.45, 2.75) is 27.7 Å². The first kappa shape index (κ1) is 27.3. The Morgan fingerprint density at radius 2 is 1.80 bits per heavy atom. The van der Waals surface area contributed by atoms with Crippen LogP contribution in [0.2, 0.25) is 0 Å². The van der Waals surface area contributed by atoms with Gasteiger partial charge in [0, 0.05) is 23.6 Å². The van der Waals surface area contributed by atoms with Gasteiger partial charge in [-0.2, -0.15) is 0 Å². The maximum Gasteiger partial charge on any atom is 0.339 e. The molecule has 0 unspecified atom stereocenters. The highest BCUT2D eigenvalue weighted by Crippen LogP contribution is 2.39. The van der Waals surface area contributed by atoms with E-state index >= 15 is 0 Å². The number of furan rings is 1. The molecule has 0 aliphatic heterocycles. The smallest absolute Gasteiger partial charge is 0.339 e. The Balaban J connectivity index is 0.000000263. The zero-order valence-corrected chi connectivity index (χ0v) is 21.5. The fourth-order valence-electron chi connectivity index (χ4n) is 3.60. The number of carbonyl (C=O) groups excluding carboxylic acids is 1. The third kappa shape index (κ3) is 6.16. The number of nitrogens with one attached hydrogen (secondary N) is 1. The van der Waals surface area contributed by atoms with Crippen LogP contribution in [0.4, 0.5) is 5.00 Å². The van der Waals surface area contributed by atoms with E-state index in [-0.39, 0.29) is 0 Å². The molecule has 0 saturated heterocycles. The summed E-state index contributed by atoms with van der Waals surface area (Å²) in [4.78, 5) is 21.9. The van der Waals surface area contributed by atoms with Crippen molar-refractivity contribution >= 4 is 51.5 Å². The molecule has 2 aromatic heterocycles. The van der Waals surface area contributed by atoms with Crippen LogP contribution in [0.3, 0.4) is 0 Å². The van der Waals surface area contributed by atoms with Crippen molar-refractivity contribution in [3.05, 3.63) is 88.7 Å². The number of fused-ring (bicyclic) bond motifs is 1. The Bertz CT molecular complexity index is 1340. The number of hydrogen-bond donors (Lipinski definition) is 2. The summed E-state index contributed by atoms with van der Waals surface area (Å²) in [6.07, 6.45) is 6.02. The normalized spacial score (nSPS) is 10.2. The minimum Gasteiger partial charge on any atom is -0.478 e. The largest absolute Gasteiger partial charge is 0.478 e. The number of aryl methyl sites for hydroxylation is 1. The molecule has 6 heteroatoms. The second kappa shape index (κ2) is 13.1. The van der Waals surface area contributed by atoms with Crippen molar-refractivity contribution in [3.63, 3.8) is 0 Å². The van der Waals surface area contributed by atoms with E-state index in [1.807, 2.05) is 68.6 Å². The van der Waals surface area contributed by atoms with Crippen molar-refractivity contribution in [1.82, 2.24) is 0 Å². The van der Waals surface area contributed by atoms with E-state index in [1.165, 1.54) is 16.9 Å². The van der Waals surface area contributed by atoms with E-state index in [4.69, 9.17) is 4.42 Å². The van der Waals surface area contributed by atoms with E-state index in [0.29, 0.717) is 28.4 Å². The minimum absolute atomic E-state index is 0.331. The van der Waals surface area contributed by atoms with E-state index in [0.717, 1.165) is 27.5 Å². The lowest BCUT2D eigenvalue weighted by Gasteiger charge is -2.09. The molecule has 2 aromatic carbocycles. The van der Waals surface area contributed by atoms with Gasteiger partial charge in [0.15, 0.2) is 12.0 Å². The monoisotopic (exact) mass is 489 g/mol. The fraction of sp³-hybridized carbons (Fsp3) is 0.172. The molecule has 2 heterocycles. The van der Waals surface area contributed by atoms with Gasteiger partial charge in [-0.15, -0.1) is 11.3 Å². The van der Waals surface area contributed by atoms with Crippen molar-refractivity contribution in [2.75, 3.05) is 12.4 Å². The van der Waals surface area contributed by atoms with Gasteiger partial charge in [-0.3, -0.25) is 4.79 Å². The van der Waals surface area contributed by atoms with Crippen LogP contribution in [0.15, 0.2) is 64.9 Å². The van der Waals surface area contributed by atoms with Crippen LogP contribution in [0.1, 0.15) is 58.6 Å². The van der Waals surface area contributed by atoms with Crippen LogP contribution in [0.5, 0.6) is 0 Å². The second-order valence-corrected chi connectivity index (χ2v) is 8.05. The third-order valence-electron chi connectivity index (χ3n) is 5.12. The average molecular weight is 490 g/mol. The highest BCUT2D eigenvalue weighted by atomic mass is 32.1. The molecular weight excluding hydrogens is 458 g/mol. The SMILES string of the molecule is C=Cc1oc(C=O)cc1/C=C\C.CC.CNc1scc(-c2ccc(C)c3ccccc23)c1C(=O)O. The second-order valence-electron chi connectivity index (χ2n) is 7.17. The number of allylic oxidation sites excluding steroid dienone is 1. The first-order valence-electron chi connectivity index (χ1n) is 11.3. The number of carboxylic acid groups (broad SMARTS) is 1. The van der Waals surface area contributed by atoms with Gasteiger partial charge in [-0.25, -0.2) is 4.79 Å². The van der Waals surface area contributed by atoms with Crippen molar-refractivity contribution in [2.24, 2.45) is 0 Å². The van der Waals surface area contributed by atoms with Crippen LogP contribution in [-0.2, 0) is 0 Å². The number of carboxylic acids is 1. The number of aldehydes is 1. The van der Waals surface area contributed by atoms with Gasteiger partial charge in [0.1, 0.15) is 16.3 Å². The summed E-state index contributed by atoms with van der Waals surface area (Å²) in [6.45, 7) is 11.5. The molecule has 2 N–H and O–H groups in total.